The predicted octanol–water partition coefficient (Wildman–Crippen LogP) is 11.8. The Morgan fingerprint density at radius 2 is 1.13 bits per heavy atom. The van der Waals surface area contributed by atoms with Crippen molar-refractivity contribution < 1.29 is 0 Å². The number of para-hydroxylation sites is 1. The van der Waals surface area contributed by atoms with E-state index in [2.05, 4.69) is 178 Å². The molecule has 2 heteroatoms. The zero-order valence-electron chi connectivity index (χ0n) is 25.5. The van der Waals surface area contributed by atoms with Crippen molar-refractivity contribution >= 4 is 37.7 Å². The highest BCUT2D eigenvalue weighted by Gasteiger charge is 2.70. The second kappa shape index (κ2) is 9.21. The lowest BCUT2D eigenvalue weighted by Crippen LogP contribution is -2.52. The van der Waals surface area contributed by atoms with Gasteiger partial charge in [0.1, 0.15) is 0 Å². The Morgan fingerprint density at radius 3 is 1.94 bits per heavy atom. The molecule has 220 valence electrons. The normalized spacial score (nSPS) is 19.7. The summed E-state index contributed by atoms with van der Waals surface area (Å²) in [5.74, 6) is 0.740. The molecule has 0 saturated carbocycles. The lowest BCUT2D eigenvalue weighted by Gasteiger charge is -2.58. The summed E-state index contributed by atoms with van der Waals surface area (Å²) in [7, 11) is 0. The molecule has 1 nitrogen and oxygen atoms in total. The Morgan fingerprint density at radius 1 is 0.468 bits per heavy atom. The smallest absolute Gasteiger partial charge is 0.0541 e. The third kappa shape index (κ3) is 3.15. The molecule has 8 aromatic rings. The molecule has 0 bridgehead atoms. The van der Waals surface area contributed by atoms with Crippen LogP contribution in [-0.4, -0.2) is 4.57 Å². The van der Waals surface area contributed by atoms with Gasteiger partial charge in [-0.05, 0) is 92.0 Å². The molecule has 3 unspecified atom stereocenters. The summed E-state index contributed by atoms with van der Waals surface area (Å²) in [5.41, 5.74) is 17.7. The average Bonchev–Trinajstić information content (AvgIpc) is 3.56. The summed E-state index contributed by atoms with van der Waals surface area (Å²) < 4.78 is 3.66. The van der Waals surface area contributed by atoms with Crippen molar-refractivity contribution in [3.05, 3.63) is 196 Å². The topological polar surface area (TPSA) is 4.93 Å². The van der Waals surface area contributed by atoms with Gasteiger partial charge in [0.15, 0.2) is 0 Å². The summed E-state index contributed by atoms with van der Waals surface area (Å²) in [6.45, 7) is 0. The molecule has 1 aromatic heterocycles. The highest BCUT2D eigenvalue weighted by atomic mass is 79.9. The highest BCUT2D eigenvalue weighted by Crippen LogP contribution is 2.78. The quantitative estimate of drug-likeness (QED) is 0.177. The first-order valence-electron chi connectivity index (χ1n) is 16.5. The van der Waals surface area contributed by atoms with Gasteiger partial charge in [0.25, 0.3) is 0 Å². The van der Waals surface area contributed by atoms with E-state index in [4.69, 9.17) is 0 Å². The van der Waals surface area contributed by atoms with Crippen molar-refractivity contribution in [1.29, 1.82) is 0 Å². The summed E-state index contributed by atoms with van der Waals surface area (Å²) >= 11 is 4.05. The van der Waals surface area contributed by atoms with Crippen LogP contribution in [0, 0.1) is 0 Å². The first-order valence-corrected chi connectivity index (χ1v) is 17.2. The first kappa shape index (κ1) is 25.9. The van der Waals surface area contributed by atoms with Crippen molar-refractivity contribution in [2.75, 3.05) is 0 Å². The number of fused-ring (bicyclic) bond motifs is 10. The van der Waals surface area contributed by atoms with Gasteiger partial charge in [-0.1, -0.05) is 137 Å². The van der Waals surface area contributed by atoms with Crippen molar-refractivity contribution in [1.82, 2.24) is 4.57 Å². The van der Waals surface area contributed by atoms with Gasteiger partial charge in [-0.15, -0.1) is 0 Å². The minimum Gasteiger partial charge on any atom is -0.309 e. The molecule has 3 aliphatic carbocycles. The van der Waals surface area contributed by atoms with Crippen LogP contribution < -0.4 is 0 Å². The average molecular weight is 663 g/mol. The molecule has 47 heavy (non-hydrogen) atoms. The fourth-order valence-corrected chi connectivity index (χ4v) is 10.2. The van der Waals surface area contributed by atoms with E-state index in [1.54, 1.807) is 0 Å². The molecule has 0 fully saturated rings. The van der Waals surface area contributed by atoms with E-state index in [9.17, 15) is 0 Å². The molecule has 3 atom stereocenters. The van der Waals surface area contributed by atoms with Crippen LogP contribution in [-0.2, 0) is 5.41 Å². The van der Waals surface area contributed by atoms with Crippen LogP contribution in [0.3, 0.4) is 0 Å². The van der Waals surface area contributed by atoms with Gasteiger partial charge in [0.2, 0.25) is 0 Å². The fourth-order valence-electron chi connectivity index (χ4n) is 9.63. The minimum absolute atomic E-state index is 0.0397. The van der Waals surface area contributed by atoms with Gasteiger partial charge < -0.3 is 4.57 Å². The van der Waals surface area contributed by atoms with Gasteiger partial charge in [-0.25, -0.2) is 0 Å². The molecule has 0 saturated heterocycles. The lowest BCUT2D eigenvalue weighted by atomic mass is 9.43. The standard InChI is InChI=1S/C45H28BrN/c46-38-23-22-31(41-42(38)44-34-17-5-8-19-37(34)45(44)36-18-7-4-16-33(36)43(41)45)29-21-24-40-35(26-29)32-15-6-9-20-39(32)47(40)30-14-10-13-28(25-30)27-11-2-1-3-12-27/h1-26,43-44H. The number of halogens is 1. The van der Waals surface area contributed by atoms with Crippen LogP contribution in [0.15, 0.2) is 162 Å². The third-order valence-corrected chi connectivity index (χ3v) is 12.0. The second-order valence-electron chi connectivity index (χ2n) is 13.3. The van der Waals surface area contributed by atoms with E-state index in [-0.39, 0.29) is 5.41 Å². The summed E-state index contributed by atoms with van der Waals surface area (Å²) in [4.78, 5) is 0. The van der Waals surface area contributed by atoms with Gasteiger partial charge in [0.05, 0.1) is 11.0 Å². The van der Waals surface area contributed by atoms with Crippen molar-refractivity contribution in [2.24, 2.45) is 0 Å². The van der Waals surface area contributed by atoms with E-state index < -0.39 is 0 Å². The molecule has 3 aliphatic rings. The summed E-state index contributed by atoms with van der Waals surface area (Å²) in [6.07, 6.45) is 0. The van der Waals surface area contributed by atoms with E-state index in [0.29, 0.717) is 11.8 Å². The molecule has 0 aliphatic heterocycles. The van der Waals surface area contributed by atoms with E-state index in [1.165, 1.54) is 87.6 Å². The van der Waals surface area contributed by atoms with Crippen LogP contribution in [0.25, 0.3) is 49.7 Å². The number of rotatable bonds is 3. The minimum atomic E-state index is 0.0397. The van der Waals surface area contributed by atoms with Gasteiger partial charge in [0, 0.05) is 38.2 Å². The molecule has 7 aromatic carbocycles. The molecule has 1 heterocycles. The Kier molecular flexibility index (Phi) is 5.09. The maximum atomic E-state index is 4.05. The lowest BCUT2D eigenvalue weighted by molar-refractivity contribution is 0.332. The van der Waals surface area contributed by atoms with Gasteiger partial charge in [-0.2, -0.15) is 0 Å². The summed E-state index contributed by atoms with van der Waals surface area (Å²) in [5, 5.41) is 2.56. The Bertz CT molecular complexity index is 2610. The number of hydrogen-bond donors (Lipinski definition) is 0. The second-order valence-corrected chi connectivity index (χ2v) is 14.2. The molecule has 0 amide bonds. The van der Waals surface area contributed by atoms with Crippen LogP contribution in [0.5, 0.6) is 0 Å². The first-order chi connectivity index (χ1) is 23.2. The Balaban J connectivity index is 1.13. The third-order valence-electron chi connectivity index (χ3n) is 11.4. The Hall–Kier alpha value is -5.18. The van der Waals surface area contributed by atoms with Crippen LogP contribution in [0.1, 0.15) is 45.2 Å². The number of hydrogen-bond acceptors (Lipinski definition) is 0. The Labute approximate surface area is 281 Å². The number of benzene rings is 7. The predicted molar refractivity (Wildman–Crippen MR) is 197 cm³/mol. The van der Waals surface area contributed by atoms with E-state index >= 15 is 0 Å². The van der Waals surface area contributed by atoms with Crippen LogP contribution in [0.4, 0.5) is 0 Å². The molecular formula is C45H28BrN. The summed E-state index contributed by atoms with van der Waals surface area (Å²) in [6, 6.07) is 58.6. The largest absolute Gasteiger partial charge is 0.309 e. The molecule has 0 radical (unpaired) electrons. The van der Waals surface area contributed by atoms with Crippen molar-refractivity contribution in [3.8, 4) is 27.9 Å². The molecule has 11 rings (SSSR count). The van der Waals surface area contributed by atoms with Crippen molar-refractivity contribution in [2.45, 2.75) is 17.3 Å². The SMILES string of the molecule is Brc1ccc(-c2ccc3c(c2)c2ccccc2n3-c2cccc(-c3ccccc3)c2)c2c1C1c3ccccc3C13c1ccccc1C23. The fraction of sp³-hybridized carbons (Fsp3) is 0.0667. The monoisotopic (exact) mass is 661 g/mol. The molecule has 0 N–H and O–H groups in total. The molecular weight excluding hydrogens is 634 g/mol. The van der Waals surface area contributed by atoms with Gasteiger partial charge in [-0.3, -0.25) is 0 Å². The highest BCUT2D eigenvalue weighted by molar-refractivity contribution is 9.10. The van der Waals surface area contributed by atoms with Gasteiger partial charge >= 0.3 is 0 Å². The van der Waals surface area contributed by atoms with Crippen LogP contribution >= 0.6 is 15.9 Å². The maximum Gasteiger partial charge on any atom is 0.0541 e. The molecule has 1 spiro atoms. The van der Waals surface area contributed by atoms with Crippen LogP contribution in [0.2, 0.25) is 0 Å². The zero-order valence-corrected chi connectivity index (χ0v) is 27.1. The number of aromatic nitrogens is 1. The van der Waals surface area contributed by atoms with E-state index in [0.717, 1.165) is 0 Å². The zero-order chi connectivity index (χ0) is 30.9. The maximum absolute atomic E-state index is 4.05. The van der Waals surface area contributed by atoms with Crippen molar-refractivity contribution in [3.63, 3.8) is 0 Å². The van der Waals surface area contributed by atoms with E-state index in [1.807, 2.05) is 0 Å². The number of nitrogens with zero attached hydrogens (tertiary/aromatic N) is 1.